The zero-order valence-electron chi connectivity index (χ0n) is 18.3. The summed E-state index contributed by atoms with van der Waals surface area (Å²) in [6.07, 6.45) is 0.179. The normalized spacial score (nSPS) is 14.4. The lowest BCUT2D eigenvalue weighted by atomic mass is 9.98. The molecule has 0 fully saturated rings. The van der Waals surface area contributed by atoms with E-state index < -0.39 is 12.1 Å². The highest BCUT2D eigenvalue weighted by molar-refractivity contribution is 5.90. The van der Waals surface area contributed by atoms with E-state index in [1.54, 1.807) is 32.4 Å². The van der Waals surface area contributed by atoms with Gasteiger partial charge in [-0.25, -0.2) is 4.79 Å². The molecule has 8 heteroatoms. The Balaban J connectivity index is 1.58. The van der Waals surface area contributed by atoms with Crippen LogP contribution in [0.25, 0.3) is 0 Å². The van der Waals surface area contributed by atoms with Gasteiger partial charge in [-0.05, 0) is 47.9 Å². The Kier molecular flexibility index (Phi) is 7.59. The lowest BCUT2D eigenvalue weighted by Crippen LogP contribution is -2.38. The molecule has 1 unspecified atom stereocenters. The number of carbonyl (C=O) groups excluding carboxylic acids is 1. The van der Waals surface area contributed by atoms with Crippen molar-refractivity contribution < 1.29 is 33.6 Å². The van der Waals surface area contributed by atoms with E-state index in [1.807, 2.05) is 12.1 Å². The van der Waals surface area contributed by atoms with E-state index in [9.17, 15) is 9.90 Å². The van der Waals surface area contributed by atoms with Crippen LogP contribution in [0.3, 0.4) is 0 Å². The van der Waals surface area contributed by atoms with Crippen molar-refractivity contribution in [2.75, 3.05) is 48.1 Å². The first-order valence-electron chi connectivity index (χ1n) is 10.0. The van der Waals surface area contributed by atoms with Crippen molar-refractivity contribution in [3.05, 3.63) is 47.0 Å². The minimum atomic E-state index is -0.688. The predicted octanol–water partition coefficient (Wildman–Crippen LogP) is 2.30. The van der Waals surface area contributed by atoms with Gasteiger partial charge in [0.2, 0.25) is 0 Å². The molecule has 31 heavy (non-hydrogen) atoms. The van der Waals surface area contributed by atoms with Gasteiger partial charge < -0.3 is 28.8 Å². The van der Waals surface area contributed by atoms with Crippen molar-refractivity contribution in [2.45, 2.75) is 19.1 Å². The maximum absolute atomic E-state index is 11.7. The number of ether oxygens (including phenoxy) is 5. The fraction of sp³-hybridized carbons (Fsp3) is 0.435. The predicted molar refractivity (Wildman–Crippen MR) is 114 cm³/mol. The van der Waals surface area contributed by atoms with Crippen LogP contribution >= 0.6 is 0 Å². The van der Waals surface area contributed by atoms with Crippen LogP contribution in [0, 0.1) is 0 Å². The Bertz CT molecular complexity index is 915. The van der Waals surface area contributed by atoms with Gasteiger partial charge >= 0.3 is 5.97 Å². The zero-order chi connectivity index (χ0) is 22.4. The lowest BCUT2D eigenvalue weighted by Gasteiger charge is -2.31. The highest BCUT2D eigenvalue weighted by Gasteiger charge is 2.22. The molecule has 1 heterocycles. The summed E-state index contributed by atoms with van der Waals surface area (Å²) in [7, 11) is 6.07. The second-order valence-corrected chi connectivity index (χ2v) is 7.28. The number of carbonyl (C=O) groups is 1. The molecule has 0 aromatic heterocycles. The molecule has 168 valence electrons. The van der Waals surface area contributed by atoms with Crippen LogP contribution in [-0.2, 0) is 17.7 Å². The smallest absolute Gasteiger partial charge is 0.337 e. The molecule has 0 radical (unpaired) electrons. The van der Waals surface area contributed by atoms with Crippen LogP contribution < -0.4 is 18.9 Å². The van der Waals surface area contributed by atoms with E-state index in [0.29, 0.717) is 35.9 Å². The largest absolute Gasteiger partial charge is 0.493 e. The van der Waals surface area contributed by atoms with E-state index in [4.69, 9.17) is 23.7 Å². The van der Waals surface area contributed by atoms with Crippen LogP contribution in [0.2, 0.25) is 0 Å². The molecule has 3 rings (SSSR count). The van der Waals surface area contributed by atoms with Crippen LogP contribution in [0.15, 0.2) is 30.3 Å². The van der Waals surface area contributed by atoms with E-state index >= 15 is 0 Å². The van der Waals surface area contributed by atoms with E-state index in [2.05, 4.69) is 4.90 Å². The first-order chi connectivity index (χ1) is 15.0. The van der Waals surface area contributed by atoms with Gasteiger partial charge in [0.15, 0.2) is 23.0 Å². The molecule has 0 spiro atoms. The van der Waals surface area contributed by atoms with Crippen LogP contribution in [0.1, 0.15) is 21.5 Å². The summed E-state index contributed by atoms with van der Waals surface area (Å²) < 4.78 is 26.5. The van der Waals surface area contributed by atoms with Crippen molar-refractivity contribution in [3.8, 4) is 23.0 Å². The second kappa shape index (κ2) is 10.4. The van der Waals surface area contributed by atoms with Crippen LogP contribution in [-0.4, -0.2) is 70.2 Å². The SMILES string of the molecule is COC(=O)c1ccc(OCC(O)CN2CCc3cc(OC)c(OC)cc3C2)c(OC)c1. The van der Waals surface area contributed by atoms with E-state index in [-0.39, 0.29) is 6.61 Å². The van der Waals surface area contributed by atoms with Gasteiger partial charge in [0.25, 0.3) is 0 Å². The molecule has 1 N–H and O–H groups in total. The standard InChI is InChI=1S/C23H29NO7/c1-27-20-10-16(23(26)30-4)5-6-19(20)31-14-18(25)13-24-8-7-15-9-21(28-2)22(29-3)11-17(15)12-24/h5-6,9-11,18,25H,7-8,12-14H2,1-4H3. The molecule has 1 atom stereocenters. The third kappa shape index (κ3) is 5.39. The number of hydrogen-bond donors (Lipinski definition) is 1. The van der Waals surface area contributed by atoms with Gasteiger partial charge in [-0.15, -0.1) is 0 Å². The van der Waals surface area contributed by atoms with Gasteiger partial charge in [-0.1, -0.05) is 0 Å². The molecule has 0 bridgehead atoms. The van der Waals surface area contributed by atoms with Crippen LogP contribution in [0.5, 0.6) is 23.0 Å². The number of benzene rings is 2. The Morgan fingerprint density at radius 3 is 2.26 bits per heavy atom. The topological polar surface area (TPSA) is 86.7 Å². The number of aliphatic hydroxyl groups excluding tert-OH is 1. The molecule has 8 nitrogen and oxygen atoms in total. The Morgan fingerprint density at radius 1 is 0.968 bits per heavy atom. The maximum Gasteiger partial charge on any atom is 0.337 e. The van der Waals surface area contributed by atoms with Gasteiger partial charge in [-0.2, -0.15) is 0 Å². The fourth-order valence-corrected chi connectivity index (χ4v) is 3.67. The summed E-state index contributed by atoms with van der Waals surface area (Å²) in [5.74, 6) is 1.84. The summed E-state index contributed by atoms with van der Waals surface area (Å²) in [4.78, 5) is 13.8. The Hall–Kier alpha value is -2.97. The lowest BCUT2D eigenvalue weighted by molar-refractivity contribution is 0.0595. The quantitative estimate of drug-likeness (QED) is 0.606. The summed E-state index contributed by atoms with van der Waals surface area (Å²) in [6, 6.07) is 8.80. The first-order valence-corrected chi connectivity index (χ1v) is 10.0. The Morgan fingerprint density at radius 2 is 1.61 bits per heavy atom. The van der Waals surface area contributed by atoms with Crippen molar-refractivity contribution in [1.29, 1.82) is 0 Å². The number of esters is 1. The number of fused-ring (bicyclic) bond motifs is 1. The third-order valence-electron chi connectivity index (χ3n) is 5.28. The number of nitrogens with zero attached hydrogens (tertiary/aromatic N) is 1. The molecular weight excluding hydrogens is 402 g/mol. The van der Waals surface area contributed by atoms with E-state index in [0.717, 1.165) is 24.3 Å². The van der Waals surface area contributed by atoms with E-state index in [1.165, 1.54) is 19.8 Å². The summed E-state index contributed by atoms with van der Waals surface area (Å²) >= 11 is 0. The number of β-amino-alcohol motifs (C(OH)–C–C–N with tert-alkyl or cyclic N) is 1. The average molecular weight is 431 g/mol. The number of aliphatic hydroxyl groups is 1. The van der Waals surface area contributed by atoms with Gasteiger partial charge in [0.1, 0.15) is 12.7 Å². The maximum atomic E-state index is 11.7. The Labute approximate surface area is 182 Å². The number of hydrogen-bond acceptors (Lipinski definition) is 8. The van der Waals surface area contributed by atoms with Crippen molar-refractivity contribution >= 4 is 5.97 Å². The molecule has 2 aromatic carbocycles. The minimum Gasteiger partial charge on any atom is -0.493 e. The van der Waals surface area contributed by atoms with Crippen molar-refractivity contribution in [2.24, 2.45) is 0 Å². The molecule has 1 aliphatic rings. The molecule has 0 aliphatic carbocycles. The van der Waals surface area contributed by atoms with Gasteiger partial charge in [0.05, 0.1) is 34.0 Å². The molecular formula is C23H29NO7. The summed E-state index contributed by atoms with van der Waals surface area (Å²) in [5, 5.41) is 10.5. The highest BCUT2D eigenvalue weighted by atomic mass is 16.5. The van der Waals surface area contributed by atoms with Gasteiger partial charge in [-0.3, -0.25) is 4.90 Å². The van der Waals surface area contributed by atoms with Crippen molar-refractivity contribution in [1.82, 2.24) is 4.90 Å². The summed E-state index contributed by atoms with van der Waals surface area (Å²) in [5.41, 5.74) is 2.76. The number of rotatable bonds is 9. The van der Waals surface area contributed by atoms with Gasteiger partial charge in [0, 0.05) is 19.6 Å². The summed E-state index contributed by atoms with van der Waals surface area (Å²) in [6.45, 7) is 2.11. The van der Waals surface area contributed by atoms with Crippen molar-refractivity contribution in [3.63, 3.8) is 0 Å². The van der Waals surface area contributed by atoms with Crippen LogP contribution in [0.4, 0.5) is 0 Å². The third-order valence-corrected chi connectivity index (χ3v) is 5.28. The highest BCUT2D eigenvalue weighted by Crippen LogP contribution is 2.33. The number of methoxy groups -OCH3 is 4. The molecule has 0 amide bonds. The fourth-order valence-electron chi connectivity index (χ4n) is 3.67. The average Bonchev–Trinajstić information content (AvgIpc) is 2.80. The minimum absolute atomic E-state index is 0.100. The molecule has 1 aliphatic heterocycles. The molecule has 0 saturated heterocycles. The monoisotopic (exact) mass is 431 g/mol. The molecule has 0 saturated carbocycles. The molecule has 2 aromatic rings. The zero-order valence-corrected chi connectivity index (χ0v) is 18.3. The first kappa shape index (κ1) is 22.7. The second-order valence-electron chi connectivity index (χ2n) is 7.28.